The van der Waals surface area contributed by atoms with Crippen LogP contribution in [-0.4, -0.2) is 41.7 Å². The number of hydrogen-bond donors (Lipinski definition) is 0. The van der Waals surface area contributed by atoms with E-state index in [0.29, 0.717) is 21.2 Å². The molecule has 1 aliphatic rings. The van der Waals surface area contributed by atoms with Crippen LogP contribution in [0.5, 0.6) is 0 Å². The maximum atomic E-state index is 13.4. The highest BCUT2D eigenvalue weighted by atomic mass is 35.5. The molecule has 3 rings (SSSR count). The summed E-state index contributed by atoms with van der Waals surface area (Å²) in [7, 11) is 2.75. The lowest BCUT2D eigenvalue weighted by Gasteiger charge is -2.42. The number of halogens is 2. The molecule has 2 aromatic rings. The van der Waals surface area contributed by atoms with Gasteiger partial charge in [0.05, 0.1) is 0 Å². The van der Waals surface area contributed by atoms with Crippen molar-refractivity contribution in [2.24, 2.45) is 5.41 Å². The van der Waals surface area contributed by atoms with Crippen LogP contribution in [0.4, 0.5) is 4.79 Å². The van der Waals surface area contributed by atoms with Gasteiger partial charge < -0.3 is 0 Å². The summed E-state index contributed by atoms with van der Waals surface area (Å²) in [6.45, 7) is 6.10. The quantitative estimate of drug-likeness (QED) is 0.610. The van der Waals surface area contributed by atoms with E-state index in [2.05, 4.69) is 6.58 Å². The lowest BCUT2D eigenvalue weighted by Crippen LogP contribution is -2.63. The second-order valence-corrected chi connectivity index (χ2v) is 8.57. The average molecular weight is 445 g/mol. The molecular formula is C23H22Cl2N2O3. The fraction of sp³-hybridized carbons (Fsp3) is 0.261. The van der Waals surface area contributed by atoms with Crippen LogP contribution in [0.1, 0.15) is 23.1 Å². The SMILES string of the molecule is C=C(CC1(Cc2cc(Cl)cc(Cl)c2)C(=O)N(C)C(=O)N(C)C1=O)c1ccc(C)cc1. The van der Waals surface area contributed by atoms with Crippen LogP contribution in [0.2, 0.25) is 10.0 Å². The van der Waals surface area contributed by atoms with Gasteiger partial charge in [-0.3, -0.25) is 19.4 Å². The van der Waals surface area contributed by atoms with Crippen LogP contribution < -0.4 is 0 Å². The van der Waals surface area contributed by atoms with Gasteiger partial charge in [-0.15, -0.1) is 0 Å². The van der Waals surface area contributed by atoms with Crippen LogP contribution in [0.25, 0.3) is 5.57 Å². The fourth-order valence-corrected chi connectivity index (χ4v) is 4.39. The van der Waals surface area contributed by atoms with Gasteiger partial charge in [-0.2, -0.15) is 0 Å². The lowest BCUT2D eigenvalue weighted by atomic mass is 9.72. The van der Waals surface area contributed by atoms with Crippen molar-refractivity contribution in [2.75, 3.05) is 14.1 Å². The van der Waals surface area contributed by atoms with Gasteiger partial charge in [0.2, 0.25) is 11.8 Å². The van der Waals surface area contributed by atoms with Crippen molar-refractivity contribution in [3.8, 4) is 0 Å². The number of amides is 4. The third-order valence-electron chi connectivity index (χ3n) is 5.41. The predicted octanol–water partition coefficient (Wildman–Crippen LogP) is 4.98. The van der Waals surface area contributed by atoms with E-state index in [-0.39, 0.29) is 12.8 Å². The molecule has 156 valence electrons. The number of aryl methyl sites for hydroxylation is 1. The topological polar surface area (TPSA) is 57.7 Å². The molecule has 0 spiro atoms. The Morgan fingerprint density at radius 2 is 1.43 bits per heavy atom. The lowest BCUT2D eigenvalue weighted by molar-refractivity contribution is -0.156. The highest BCUT2D eigenvalue weighted by Gasteiger charge is 2.55. The van der Waals surface area contributed by atoms with Crippen molar-refractivity contribution in [1.82, 2.24) is 9.80 Å². The summed E-state index contributed by atoms with van der Waals surface area (Å²) in [6.07, 6.45) is 0.0948. The Morgan fingerprint density at radius 1 is 0.933 bits per heavy atom. The minimum Gasteiger partial charge on any atom is -0.273 e. The van der Waals surface area contributed by atoms with Gasteiger partial charge in [0.25, 0.3) is 0 Å². The van der Waals surface area contributed by atoms with Crippen molar-refractivity contribution >= 4 is 46.6 Å². The Morgan fingerprint density at radius 3 is 1.93 bits per heavy atom. The summed E-state index contributed by atoms with van der Waals surface area (Å²) < 4.78 is 0. The van der Waals surface area contributed by atoms with E-state index in [1.165, 1.54) is 14.1 Å². The molecule has 0 N–H and O–H groups in total. The van der Waals surface area contributed by atoms with E-state index in [1.54, 1.807) is 18.2 Å². The molecule has 0 bridgehead atoms. The van der Waals surface area contributed by atoms with Gasteiger partial charge in [-0.25, -0.2) is 4.79 Å². The van der Waals surface area contributed by atoms with Crippen molar-refractivity contribution in [3.05, 3.63) is 75.8 Å². The number of carbonyl (C=O) groups excluding carboxylic acids is 3. The Labute approximate surface area is 185 Å². The normalized spacial score (nSPS) is 16.2. The third-order valence-corrected chi connectivity index (χ3v) is 5.84. The van der Waals surface area contributed by atoms with Crippen LogP contribution in [0.3, 0.4) is 0 Å². The molecule has 4 amide bonds. The van der Waals surface area contributed by atoms with Gasteiger partial charge in [-0.05, 0) is 54.7 Å². The van der Waals surface area contributed by atoms with E-state index in [0.717, 1.165) is 20.9 Å². The van der Waals surface area contributed by atoms with Gasteiger partial charge in [0.1, 0.15) is 5.41 Å². The summed E-state index contributed by atoms with van der Waals surface area (Å²) >= 11 is 12.3. The van der Waals surface area contributed by atoms with Gasteiger partial charge >= 0.3 is 6.03 Å². The smallest absolute Gasteiger partial charge is 0.273 e. The van der Waals surface area contributed by atoms with Crippen LogP contribution in [0, 0.1) is 12.3 Å². The minimum absolute atomic E-state index is 0.0395. The number of urea groups is 1. The Kier molecular flexibility index (Phi) is 6.06. The van der Waals surface area contributed by atoms with Gasteiger partial charge in [0.15, 0.2) is 0 Å². The Hall–Kier alpha value is -2.63. The molecule has 1 aliphatic heterocycles. The van der Waals surface area contributed by atoms with Crippen molar-refractivity contribution in [1.29, 1.82) is 0 Å². The first kappa shape index (κ1) is 22.1. The molecule has 5 nitrogen and oxygen atoms in total. The predicted molar refractivity (Wildman–Crippen MR) is 118 cm³/mol. The molecular weight excluding hydrogens is 423 g/mol. The first-order valence-corrected chi connectivity index (χ1v) is 10.1. The molecule has 1 fully saturated rings. The average Bonchev–Trinajstić information content (AvgIpc) is 2.69. The molecule has 1 saturated heterocycles. The maximum Gasteiger partial charge on any atom is 0.332 e. The molecule has 0 aliphatic carbocycles. The Bertz CT molecular complexity index is 1000. The van der Waals surface area contributed by atoms with E-state index in [1.807, 2.05) is 31.2 Å². The van der Waals surface area contributed by atoms with Gasteiger partial charge in [0, 0.05) is 24.1 Å². The third kappa shape index (κ3) is 4.00. The fourth-order valence-electron chi connectivity index (χ4n) is 3.81. The van der Waals surface area contributed by atoms with Crippen LogP contribution in [-0.2, 0) is 16.0 Å². The number of allylic oxidation sites excluding steroid dienone is 1. The maximum absolute atomic E-state index is 13.4. The standard InChI is InChI=1S/C23H22Cl2N2O3/c1-14-5-7-17(8-6-14)15(2)12-23(13-16-9-18(24)11-19(25)10-16)20(28)26(3)22(30)27(4)21(23)29/h5-11H,2,12-13H2,1,3-4H3. The summed E-state index contributed by atoms with van der Waals surface area (Å²) in [5.74, 6) is -1.14. The second-order valence-electron chi connectivity index (χ2n) is 7.69. The van der Waals surface area contributed by atoms with Crippen LogP contribution >= 0.6 is 23.2 Å². The number of nitrogens with zero attached hydrogens (tertiary/aromatic N) is 2. The van der Waals surface area contributed by atoms with E-state index in [9.17, 15) is 14.4 Å². The largest absolute Gasteiger partial charge is 0.332 e. The molecule has 2 aromatic carbocycles. The summed E-state index contributed by atoms with van der Waals surface area (Å²) in [4.78, 5) is 41.0. The van der Waals surface area contributed by atoms with Crippen LogP contribution in [0.15, 0.2) is 49.0 Å². The van der Waals surface area contributed by atoms with Crippen molar-refractivity contribution in [3.63, 3.8) is 0 Å². The highest BCUT2D eigenvalue weighted by Crippen LogP contribution is 2.40. The van der Waals surface area contributed by atoms with Crippen molar-refractivity contribution in [2.45, 2.75) is 19.8 Å². The Balaban J connectivity index is 2.09. The van der Waals surface area contributed by atoms with Gasteiger partial charge in [-0.1, -0.05) is 59.6 Å². The first-order chi connectivity index (χ1) is 14.0. The molecule has 1 heterocycles. The summed E-state index contributed by atoms with van der Waals surface area (Å²) in [6, 6.07) is 11.9. The number of hydrogen-bond acceptors (Lipinski definition) is 3. The molecule has 0 aromatic heterocycles. The second kappa shape index (κ2) is 8.25. The van der Waals surface area contributed by atoms with E-state index in [4.69, 9.17) is 23.2 Å². The number of benzene rings is 2. The molecule has 0 radical (unpaired) electrons. The number of barbiturate groups is 1. The molecule has 30 heavy (non-hydrogen) atoms. The zero-order chi connectivity index (χ0) is 22.2. The zero-order valence-corrected chi connectivity index (χ0v) is 18.5. The van der Waals surface area contributed by atoms with E-state index >= 15 is 0 Å². The summed E-state index contributed by atoms with van der Waals surface area (Å²) in [5.41, 5.74) is 1.63. The molecule has 0 unspecified atom stereocenters. The molecule has 7 heteroatoms. The van der Waals surface area contributed by atoms with Crippen molar-refractivity contribution < 1.29 is 14.4 Å². The number of rotatable bonds is 5. The highest BCUT2D eigenvalue weighted by molar-refractivity contribution is 6.34. The molecule has 0 saturated carbocycles. The minimum atomic E-state index is -1.53. The van der Waals surface area contributed by atoms with E-state index < -0.39 is 23.3 Å². The zero-order valence-electron chi connectivity index (χ0n) is 17.0. The first-order valence-electron chi connectivity index (χ1n) is 9.35. The monoisotopic (exact) mass is 444 g/mol. The number of imide groups is 2. The number of carbonyl (C=O) groups is 3. The summed E-state index contributed by atoms with van der Waals surface area (Å²) in [5, 5.41) is 0.803. The molecule has 0 atom stereocenters.